The van der Waals surface area contributed by atoms with Crippen LogP contribution in [0.5, 0.6) is 0 Å². The maximum absolute atomic E-state index is 14.4. The number of hydrogen-bond donors (Lipinski definition) is 3. The molecule has 0 unspecified atom stereocenters. The Bertz CT molecular complexity index is 1180. The van der Waals surface area contributed by atoms with E-state index < -0.39 is 10.7 Å². The fraction of sp³-hybridized carbons (Fsp3) is 0.100. The minimum absolute atomic E-state index is 0.0746. The van der Waals surface area contributed by atoms with Crippen molar-refractivity contribution in [3.63, 3.8) is 0 Å². The normalized spacial score (nSPS) is 10.6. The van der Waals surface area contributed by atoms with Gasteiger partial charge >= 0.3 is 0 Å². The lowest BCUT2D eigenvalue weighted by Crippen LogP contribution is -2.16. The van der Waals surface area contributed by atoms with E-state index in [1.165, 1.54) is 24.4 Å². The number of aromatic amines is 1. The number of nitro groups is 1. The summed E-state index contributed by atoms with van der Waals surface area (Å²) in [6.45, 7) is 0.901. The Morgan fingerprint density at radius 1 is 1.00 bits per heavy atom. The topological polar surface area (TPSA) is 135 Å². The van der Waals surface area contributed by atoms with Gasteiger partial charge < -0.3 is 15.6 Å². The monoisotopic (exact) mass is 420 g/mol. The molecule has 0 saturated heterocycles. The van der Waals surface area contributed by atoms with Gasteiger partial charge in [-0.3, -0.25) is 10.1 Å². The summed E-state index contributed by atoms with van der Waals surface area (Å²) in [6.07, 6.45) is 6.04. The fourth-order valence-corrected chi connectivity index (χ4v) is 2.87. The van der Waals surface area contributed by atoms with Gasteiger partial charge in [-0.1, -0.05) is 12.1 Å². The molecule has 0 saturated carbocycles. The molecule has 0 fully saturated rings. The van der Waals surface area contributed by atoms with Crippen molar-refractivity contribution in [2.75, 3.05) is 23.7 Å². The van der Waals surface area contributed by atoms with Gasteiger partial charge in [0.15, 0.2) is 0 Å². The molecule has 156 valence electrons. The van der Waals surface area contributed by atoms with Crippen molar-refractivity contribution >= 4 is 17.5 Å². The van der Waals surface area contributed by atoms with Gasteiger partial charge in [-0.2, -0.15) is 0 Å². The van der Waals surface area contributed by atoms with Crippen molar-refractivity contribution in [2.24, 2.45) is 0 Å². The van der Waals surface area contributed by atoms with Gasteiger partial charge in [0, 0.05) is 43.3 Å². The third-order valence-electron chi connectivity index (χ3n) is 4.34. The summed E-state index contributed by atoms with van der Waals surface area (Å²) in [5, 5.41) is 16.8. The predicted molar refractivity (Wildman–Crippen MR) is 113 cm³/mol. The first-order valence-corrected chi connectivity index (χ1v) is 9.31. The first-order chi connectivity index (χ1) is 15.1. The second-order valence-corrected chi connectivity index (χ2v) is 6.39. The molecule has 0 aliphatic heterocycles. The van der Waals surface area contributed by atoms with Crippen LogP contribution in [0.3, 0.4) is 0 Å². The van der Waals surface area contributed by atoms with E-state index in [2.05, 4.69) is 35.6 Å². The second kappa shape index (κ2) is 8.95. The zero-order chi connectivity index (χ0) is 21.6. The minimum Gasteiger partial charge on any atom is -0.368 e. The summed E-state index contributed by atoms with van der Waals surface area (Å²) in [4.78, 5) is 30.2. The SMILES string of the molecule is O=[N+]([O-])c1ccc(NCCNc2ncc(-c3ncc[nH]3)c(-c3ccccc3F)n2)nc1. The molecule has 4 rings (SSSR count). The molecule has 0 spiro atoms. The lowest BCUT2D eigenvalue weighted by molar-refractivity contribution is -0.385. The molecule has 11 heteroatoms. The highest BCUT2D eigenvalue weighted by Gasteiger charge is 2.16. The maximum Gasteiger partial charge on any atom is 0.287 e. The molecule has 3 heterocycles. The summed E-state index contributed by atoms with van der Waals surface area (Å²) in [5.74, 6) is 0.974. The molecule has 0 amide bonds. The van der Waals surface area contributed by atoms with E-state index in [-0.39, 0.29) is 5.69 Å². The lowest BCUT2D eigenvalue weighted by Gasteiger charge is -2.11. The molecule has 0 atom stereocenters. The van der Waals surface area contributed by atoms with Gasteiger partial charge in [0.2, 0.25) is 5.95 Å². The van der Waals surface area contributed by atoms with Gasteiger partial charge in [0.25, 0.3) is 5.69 Å². The van der Waals surface area contributed by atoms with Crippen LogP contribution in [0.4, 0.5) is 21.8 Å². The van der Waals surface area contributed by atoms with Crippen LogP contribution in [-0.2, 0) is 0 Å². The summed E-state index contributed by atoms with van der Waals surface area (Å²) < 4.78 is 14.4. The number of rotatable bonds is 8. The van der Waals surface area contributed by atoms with Crippen LogP contribution in [-0.4, -0.2) is 42.9 Å². The van der Waals surface area contributed by atoms with Gasteiger partial charge in [-0.05, 0) is 18.2 Å². The van der Waals surface area contributed by atoms with E-state index in [0.29, 0.717) is 47.5 Å². The Labute approximate surface area is 175 Å². The Morgan fingerprint density at radius 3 is 2.55 bits per heavy atom. The third kappa shape index (κ3) is 4.61. The van der Waals surface area contributed by atoms with Crippen molar-refractivity contribution in [2.45, 2.75) is 0 Å². The molecule has 31 heavy (non-hydrogen) atoms. The Kier molecular flexibility index (Phi) is 5.74. The first kappa shape index (κ1) is 19.9. The van der Waals surface area contributed by atoms with Crippen molar-refractivity contribution < 1.29 is 9.31 Å². The van der Waals surface area contributed by atoms with Crippen LogP contribution in [0.25, 0.3) is 22.6 Å². The van der Waals surface area contributed by atoms with Crippen LogP contribution in [0.15, 0.2) is 61.2 Å². The molecule has 4 aromatic rings. The van der Waals surface area contributed by atoms with Gasteiger partial charge in [0.05, 0.1) is 16.2 Å². The van der Waals surface area contributed by atoms with Crippen LogP contribution in [0.1, 0.15) is 0 Å². The highest BCUT2D eigenvalue weighted by atomic mass is 19.1. The lowest BCUT2D eigenvalue weighted by atomic mass is 10.1. The maximum atomic E-state index is 14.4. The standard InChI is InChI=1S/C20H17FN8O2/c21-16-4-2-1-3-14(16)18-15(19-23-8-9-24-19)12-27-20(28-18)25-10-7-22-17-6-5-13(11-26-17)29(30)31/h1-6,8-9,11-12H,7,10H2,(H,22,26)(H,23,24)(H,25,27,28). The molecule has 3 aromatic heterocycles. The second-order valence-electron chi connectivity index (χ2n) is 6.39. The number of aromatic nitrogens is 5. The number of H-pyrrole nitrogens is 1. The summed E-state index contributed by atoms with van der Waals surface area (Å²) in [6, 6.07) is 9.28. The molecule has 0 bridgehead atoms. The molecule has 0 aliphatic carbocycles. The van der Waals surface area contributed by atoms with E-state index in [4.69, 9.17) is 0 Å². The average molecular weight is 420 g/mol. The average Bonchev–Trinajstić information content (AvgIpc) is 3.32. The van der Waals surface area contributed by atoms with Crippen LogP contribution < -0.4 is 10.6 Å². The van der Waals surface area contributed by atoms with Crippen LogP contribution in [0.2, 0.25) is 0 Å². The van der Waals surface area contributed by atoms with Gasteiger partial charge in [-0.15, -0.1) is 0 Å². The molecule has 3 N–H and O–H groups in total. The van der Waals surface area contributed by atoms with Crippen molar-refractivity contribution in [1.82, 2.24) is 24.9 Å². The highest BCUT2D eigenvalue weighted by molar-refractivity contribution is 5.77. The van der Waals surface area contributed by atoms with E-state index in [1.54, 1.807) is 36.8 Å². The fourth-order valence-electron chi connectivity index (χ4n) is 2.87. The molecular weight excluding hydrogens is 403 g/mol. The molecule has 0 aliphatic rings. The quantitative estimate of drug-likeness (QED) is 0.224. The number of nitrogens with one attached hydrogen (secondary N) is 3. The van der Waals surface area contributed by atoms with E-state index in [1.807, 2.05) is 0 Å². The smallest absolute Gasteiger partial charge is 0.287 e. The van der Waals surface area contributed by atoms with Gasteiger partial charge in [-0.25, -0.2) is 24.3 Å². The van der Waals surface area contributed by atoms with E-state index in [0.717, 1.165) is 0 Å². The zero-order valence-corrected chi connectivity index (χ0v) is 16.1. The van der Waals surface area contributed by atoms with Gasteiger partial charge in [0.1, 0.15) is 23.7 Å². The molecular formula is C20H17FN8O2. The van der Waals surface area contributed by atoms with Crippen LogP contribution in [0, 0.1) is 15.9 Å². The summed E-state index contributed by atoms with van der Waals surface area (Å²) in [7, 11) is 0. The zero-order valence-electron chi connectivity index (χ0n) is 16.1. The molecule has 1 aromatic carbocycles. The number of anilines is 2. The van der Waals surface area contributed by atoms with E-state index in [9.17, 15) is 14.5 Å². The largest absolute Gasteiger partial charge is 0.368 e. The number of pyridine rings is 1. The first-order valence-electron chi connectivity index (χ1n) is 9.31. The van der Waals surface area contributed by atoms with Crippen molar-refractivity contribution in [3.8, 4) is 22.6 Å². The highest BCUT2D eigenvalue weighted by Crippen LogP contribution is 2.30. The Morgan fingerprint density at radius 2 is 1.84 bits per heavy atom. The number of benzene rings is 1. The molecule has 10 nitrogen and oxygen atoms in total. The molecule has 0 radical (unpaired) electrons. The predicted octanol–water partition coefficient (Wildman–Crippen LogP) is 3.50. The minimum atomic E-state index is -0.505. The number of imidazole rings is 1. The van der Waals surface area contributed by atoms with E-state index >= 15 is 0 Å². The van der Waals surface area contributed by atoms with Crippen molar-refractivity contribution in [3.05, 3.63) is 77.1 Å². The number of hydrogen-bond acceptors (Lipinski definition) is 8. The third-order valence-corrected chi connectivity index (χ3v) is 4.34. The Hall–Kier alpha value is -4.41. The van der Waals surface area contributed by atoms with Crippen LogP contribution >= 0.6 is 0 Å². The number of nitrogens with zero attached hydrogens (tertiary/aromatic N) is 5. The Balaban J connectivity index is 1.47. The number of halogens is 1. The summed E-state index contributed by atoms with van der Waals surface area (Å²) in [5.41, 5.74) is 1.26. The van der Waals surface area contributed by atoms with Crippen molar-refractivity contribution in [1.29, 1.82) is 0 Å². The summed E-state index contributed by atoms with van der Waals surface area (Å²) >= 11 is 0.